The summed E-state index contributed by atoms with van der Waals surface area (Å²) in [6.45, 7) is 11.2. The van der Waals surface area contributed by atoms with Crippen molar-refractivity contribution >= 4 is 11.6 Å². The molecule has 3 aliphatic heterocycles. The van der Waals surface area contributed by atoms with Crippen molar-refractivity contribution in [3.63, 3.8) is 0 Å². The number of amides is 1. The van der Waals surface area contributed by atoms with Gasteiger partial charge in [-0.1, -0.05) is 19.9 Å². The molecule has 0 aliphatic carbocycles. The third-order valence-electron chi connectivity index (χ3n) is 9.66. The van der Waals surface area contributed by atoms with Crippen molar-refractivity contribution in [1.29, 1.82) is 0 Å². The quantitative estimate of drug-likeness (QED) is 0.271. The Balaban J connectivity index is 1.14. The van der Waals surface area contributed by atoms with E-state index in [1.807, 2.05) is 32.9 Å². The van der Waals surface area contributed by atoms with Gasteiger partial charge < -0.3 is 34.5 Å². The van der Waals surface area contributed by atoms with E-state index in [0.29, 0.717) is 43.5 Å². The summed E-state index contributed by atoms with van der Waals surface area (Å²) in [5.74, 6) is 0.0501. The maximum absolute atomic E-state index is 14.1. The number of fused-ring (bicyclic) bond motifs is 1. The second kappa shape index (κ2) is 15.4. The molecular weight excluding hydrogens is 592 g/mol. The van der Waals surface area contributed by atoms with Gasteiger partial charge in [0, 0.05) is 69.7 Å². The van der Waals surface area contributed by atoms with Crippen LogP contribution in [-0.4, -0.2) is 71.2 Å². The van der Waals surface area contributed by atoms with E-state index in [0.717, 1.165) is 82.1 Å². The van der Waals surface area contributed by atoms with Crippen LogP contribution in [-0.2, 0) is 31.2 Å². The van der Waals surface area contributed by atoms with Gasteiger partial charge in [-0.15, -0.1) is 0 Å². The van der Waals surface area contributed by atoms with Gasteiger partial charge in [-0.3, -0.25) is 4.79 Å². The lowest BCUT2D eigenvalue weighted by Gasteiger charge is -2.43. The number of hydrogen-bond donors (Lipinski definition) is 2. The molecule has 46 heavy (non-hydrogen) atoms. The zero-order valence-electron chi connectivity index (χ0n) is 27.8. The van der Waals surface area contributed by atoms with Crippen molar-refractivity contribution in [3.05, 3.63) is 59.2 Å². The van der Waals surface area contributed by atoms with Crippen molar-refractivity contribution in [2.24, 2.45) is 11.3 Å². The number of nitrogens with one attached hydrogen (secondary N) is 2. The molecule has 0 saturated carbocycles. The first-order chi connectivity index (χ1) is 22.0. The molecule has 254 valence electrons. The van der Waals surface area contributed by atoms with Crippen LogP contribution in [0.5, 0.6) is 5.75 Å². The maximum Gasteiger partial charge on any atom is 0.225 e. The van der Waals surface area contributed by atoms with Gasteiger partial charge in [0.15, 0.2) is 0 Å². The summed E-state index contributed by atoms with van der Waals surface area (Å²) in [6, 6.07) is 9.84. The fourth-order valence-corrected chi connectivity index (χ4v) is 6.87. The van der Waals surface area contributed by atoms with Crippen molar-refractivity contribution in [3.8, 4) is 5.75 Å². The molecule has 8 nitrogen and oxygen atoms in total. The first-order valence-electron chi connectivity index (χ1n) is 16.8. The molecule has 1 amide bonds. The second-order valence-electron chi connectivity index (χ2n) is 14.0. The molecule has 0 bridgehead atoms. The summed E-state index contributed by atoms with van der Waals surface area (Å²) >= 11 is 0. The zero-order chi connectivity index (χ0) is 32.7. The van der Waals surface area contributed by atoms with Crippen LogP contribution in [0.4, 0.5) is 14.5 Å². The Labute approximate surface area is 272 Å². The van der Waals surface area contributed by atoms with Gasteiger partial charge >= 0.3 is 0 Å². The van der Waals surface area contributed by atoms with Crippen LogP contribution in [0.15, 0.2) is 36.4 Å². The molecule has 0 radical (unpaired) electrons. The van der Waals surface area contributed by atoms with Gasteiger partial charge in [0.1, 0.15) is 23.0 Å². The minimum absolute atomic E-state index is 0.0814. The summed E-state index contributed by atoms with van der Waals surface area (Å²) in [5, 5.41) is 6.81. The number of ether oxygens (including phenoxy) is 4. The molecule has 2 fully saturated rings. The van der Waals surface area contributed by atoms with Crippen molar-refractivity contribution < 1.29 is 32.5 Å². The minimum atomic E-state index is -0.925. The van der Waals surface area contributed by atoms with Crippen LogP contribution in [0.2, 0.25) is 0 Å². The maximum atomic E-state index is 14.1. The first-order valence-corrected chi connectivity index (χ1v) is 16.8. The summed E-state index contributed by atoms with van der Waals surface area (Å²) in [5.41, 5.74) is 1.05. The van der Waals surface area contributed by atoms with E-state index in [-0.39, 0.29) is 18.1 Å². The van der Waals surface area contributed by atoms with E-state index in [2.05, 4.69) is 21.6 Å². The van der Waals surface area contributed by atoms with E-state index >= 15 is 0 Å². The lowest BCUT2D eigenvalue weighted by atomic mass is 9.82. The van der Waals surface area contributed by atoms with E-state index in [4.69, 9.17) is 18.9 Å². The van der Waals surface area contributed by atoms with Crippen molar-refractivity contribution in [2.45, 2.75) is 83.6 Å². The molecule has 2 aromatic carbocycles. The van der Waals surface area contributed by atoms with Crippen LogP contribution < -0.4 is 20.3 Å². The molecular formula is C36H51F2N3O5. The number of nitrogens with zero attached hydrogens (tertiary/aromatic N) is 1. The van der Waals surface area contributed by atoms with E-state index < -0.39 is 22.7 Å². The summed E-state index contributed by atoms with van der Waals surface area (Å²) in [6.07, 6.45) is 5.56. The third kappa shape index (κ3) is 8.97. The second-order valence-corrected chi connectivity index (χ2v) is 14.0. The fourth-order valence-electron chi connectivity index (χ4n) is 6.87. The predicted molar refractivity (Wildman–Crippen MR) is 174 cm³/mol. The summed E-state index contributed by atoms with van der Waals surface area (Å²) in [7, 11) is 1.68. The molecule has 2 saturated heterocycles. The molecule has 0 aromatic heterocycles. The van der Waals surface area contributed by atoms with Gasteiger partial charge in [0.25, 0.3) is 0 Å². The SMILES string of the molecule is COCCCN1CC(C)(c2cc(F)cc(F)c2)Oc2ccc(CO[C@@H]3CCC(CC(C)(C)C(=O)NCC4CCOCC4)NC3)cc21. The molecule has 3 atom stereocenters. The molecule has 2 unspecified atom stereocenters. The third-order valence-corrected chi connectivity index (χ3v) is 9.66. The Hall–Kier alpha value is -2.79. The van der Waals surface area contributed by atoms with Crippen LogP contribution in [0.1, 0.15) is 70.4 Å². The smallest absolute Gasteiger partial charge is 0.225 e. The Morgan fingerprint density at radius 1 is 1.11 bits per heavy atom. The summed E-state index contributed by atoms with van der Waals surface area (Å²) < 4.78 is 51.8. The number of rotatable bonds is 13. The number of carbonyl (C=O) groups excluding carboxylic acids is 1. The van der Waals surface area contributed by atoms with E-state index in [1.165, 1.54) is 12.1 Å². The Morgan fingerprint density at radius 2 is 1.87 bits per heavy atom. The van der Waals surface area contributed by atoms with Crippen molar-refractivity contribution in [2.75, 3.05) is 58.0 Å². The molecule has 5 rings (SSSR count). The lowest BCUT2D eigenvalue weighted by molar-refractivity contribution is -0.130. The van der Waals surface area contributed by atoms with Gasteiger partial charge in [-0.05, 0) is 81.2 Å². The Kier molecular flexibility index (Phi) is 11.6. The normalized spacial score (nSPS) is 23.9. The predicted octanol–water partition coefficient (Wildman–Crippen LogP) is 5.71. The average molecular weight is 644 g/mol. The van der Waals surface area contributed by atoms with Gasteiger partial charge in [0.05, 0.1) is 24.9 Å². The molecule has 3 heterocycles. The van der Waals surface area contributed by atoms with Crippen LogP contribution >= 0.6 is 0 Å². The number of methoxy groups -OCH3 is 1. The highest BCUT2D eigenvalue weighted by Gasteiger charge is 2.38. The van der Waals surface area contributed by atoms with Crippen LogP contribution in [0.3, 0.4) is 0 Å². The number of hydrogen-bond acceptors (Lipinski definition) is 7. The van der Waals surface area contributed by atoms with Gasteiger partial charge in [-0.25, -0.2) is 8.78 Å². The highest BCUT2D eigenvalue weighted by molar-refractivity contribution is 5.81. The molecule has 2 N–H and O–H groups in total. The molecule has 10 heteroatoms. The summed E-state index contributed by atoms with van der Waals surface area (Å²) in [4.78, 5) is 15.2. The zero-order valence-corrected chi connectivity index (χ0v) is 27.8. The first kappa shape index (κ1) is 34.5. The minimum Gasteiger partial charge on any atom is -0.479 e. The number of benzene rings is 2. The van der Waals surface area contributed by atoms with Gasteiger partial charge in [0.2, 0.25) is 5.91 Å². The van der Waals surface area contributed by atoms with E-state index in [9.17, 15) is 13.6 Å². The lowest BCUT2D eigenvalue weighted by Crippen LogP contribution is -2.48. The Morgan fingerprint density at radius 3 is 2.57 bits per heavy atom. The highest BCUT2D eigenvalue weighted by Crippen LogP contribution is 2.42. The highest BCUT2D eigenvalue weighted by atomic mass is 19.1. The van der Waals surface area contributed by atoms with E-state index in [1.54, 1.807) is 7.11 Å². The fraction of sp³-hybridized carbons (Fsp3) is 0.639. The molecule has 3 aliphatic rings. The molecule has 2 aromatic rings. The topological polar surface area (TPSA) is 81.3 Å². The monoisotopic (exact) mass is 643 g/mol. The number of carbonyl (C=O) groups is 1. The van der Waals surface area contributed by atoms with Crippen LogP contribution in [0, 0.1) is 23.0 Å². The number of halogens is 2. The van der Waals surface area contributed by atoms with Crippen molar-refractivity contribution in [1.82, 2.24) is 10.6 Å². The largest absolute Gasteiger partial charge is 0.479 e. The average Bonchev–Trinajstić information content (AvgIpc) is 3.03. The Bertz CT molecular complexity index is 1290. The van der Waals surface area contributed by atoms with Gasteiger partial charge in [-0.2, -0.15) is 0 Å². The number of anilines is 1. The standard InChI is InChI=1S/C36H51F2N3O5/c1-35(2,34(42)40-21-25-10-14-44-15-11-25)20-30-7-8-31(22-39-30)45-23-26-6-9-33-32(16-26)41(12-5-13-43-4)24-36(3,46-33)27-17-28(37)19-29(38)18-27/h6,9,16-19,25,30-31,39H,5,7-8,10-15,20-24H2,1-4H3,(H,40,42)/t30?,31-,36?/m1/s1. The van der Waals surface area contributed by atoms with Crippen LogP contribution in [0.25, 0.3) is 0 Å². The number of piperidine rings is 1. The molecule has 0 spiro atoms.